The van der Waals surface area contributed by atoms with Crippen LogP contribution in [0, 0.1) is 5.92 Å². The Morgan fingerprint density at radius 2 is 2.00 bits per heavy atom. The summed E-state index contributed by atoms with van der Waals surface area (Å²) in [4.78, 5) is 23.3. The summed E-state index contributed by atoms with van der Waals surface area (Å²) in [5.41, 5.74) is 1.52. The summed E-state index contributed by atoms with van der Waals surface area (Å²) in [6, 6.07) is 5.78. The molecule has 1 aromatic carbocycles. The van der Waals surface area contributed by atoms with E-state index in [0.29, 0.717) is 17.9 Å². The fourth-order valence-corrected chi connectivity index (χ4v) is 1.77. The van der Waals surface area contributed by atoms with Crippen LogP contribution >= 0.6 is 0 Å². The predicted octanol–water partition coefficient (Wildman–Crippen LogP) is 2.87. The average molecular weight is 305 g/mol. The van der Waals surface area contributed by atoms with Gasteiger partial charge >= 0.3 is 5.97 Å². The minimum Gasteiger partial charge on any atom is -0.490 e. The summed E-state index contributed by atoms with van der Waals surface area (Å²) in [6.45, 7) is 7.88. The molecule has 1 atom stereocenters. The lowest BCUT2D eigenvalue weighted by Crippen LogP contribution is -2.44. The number of ether oxygens (including phenoxy) is 1. The number of allylic oxidation sites excluding steroid dienone is 1. The maximum Gasteiger partial charge on any atom is 0.326 e. The summed E-state index contributed by atoms with van der Waals surface area (Å²) < 4.78 is 5.53. The smallest absolute Gasteiger partial charge is 0.326 e. The van der Waals surface area contributed by atoms with E-state index in [1.165, 1.54) is 0 Å². The Morgan fingerprint density at radius 1 is 1.32 bits per heavy atom. The predicted molar refractivity (Wildman–Crippen MR) is 85.1 cm³/mol. The number of rotatable bonds is 7. The van der Waals surface area contributed by atoms with E-state index in [2.05, 4.69) is 5.32 Å². The van der Waals surface area contributed by atoms with Gasteiger partial charge in [0.05, 0.1) is 0 Å². The second-order valence-electron chi connectivity index (χ2n) is 5.65. The van der Waals surface area contributed by atoms with E-state index in [-0.39, 0.29) is 5.92 Å². The summed E-state index contributed by atoms with van der Waals surface area (Å²) >= 11 is 0. The quantitative estimate of drug-likeness (QED) is 0.760. The molecule has 0 aromatic heterocycles. The lowest BCUT2D eigenvalue weighted by atomic mass is 10.0. The highest BCUT2D eigenvalue weighted by atomic mass is 16.5. The van der Waals surface area contributed by atoms with Gasteiger partial charge in [0.1, 0.15) is 18.4 Å². The molecular weight excluding hydrogens is 282 g/mol. The number of hydrogen-bond donors (Lipinski definition) is 2. The molecule has 1 aromatic rings. The van der Waals surface area contributed by atoms with Gasteiger partial charge < -0.3 is 15.2 Å². The van der Waals surface area contributed by atoms with Crippen molar-refractivity contribution < 1.29 is 19.4 Å². The van der Waals surface area contributed by atoms with Gasteiger partial charge in [-0.05, 0) is 44.0 Å². The fraction of sp³-hybridized carbons (Fsp3) is 0.412. The van der Waals surface area contributed by atoms with Crippen LogP contribution in [0.15, 0.2) is 35.9 Å². The van der Waals surface area contributed by atoms with E-state index < -0.39 is 17.9 Å². The van der Waals surface area contributed by atoms with Crippen molar-refractivity contribution in [1.82, 2.24) is 5.32 Å². The summed E-state index contributed by atoms with van der Waals surface area (Å²) in [5, 5.41) is 11.6. The van der Waals surface area contributed by atoms with Crippen LogP contribution in [-0.2, 0) is 4.79 Å². The Kier molecular flexibility index (Phi) is 6.63. The molecule has 5 heteroatoms. The first-order valence-electron chi connectivity index (χ1n) is 7.21. The molecule has 0 aliphatic heterocycles. The number of carbonyl (C=O) groups is 2. The van der Waals surface area contributed by atoms with Gasteiger partial charge in [0.25, 0.3) is 5.91 Å². The Balaban J connectivity index is 2.77. The lowest BCUT2D eigenvalue weighted by Gasteiger charge is -2.18. The molecule has 120 valence electrons. The molecule has 0 spiro atoms. The first kappa shape index (κ1) is 17.8. The lowest BCUT2D eigenvalue weighted by molar-refractivity contribution is -0.140. The van der Waals surface area contributed by atoms with Gasteiger partial charge in [-0.2, -0.15) is 0 Å². The minimum absolute atomic E-state index is 0.196. The Morgan fingerprint density at radius 3 is 2.55 bits per heavy atom. The van der Waals surface area contributed by atoms with E-state index in [4.69, 9.17) is 9.84 Å². The third kappa shape index (κ3) is 5.60. The number of carbonyl (C=O) groups excluding carboxylic acids is 1. The molecule has 0 heterocycles. The molecule has 5 nitrogen and oxygen atoms in total. The first-order chi connectivity index (χ1) is 10.3. The van der Waals surface area contributed by atoms with Gasteiger partial charge in [0, 0.05) is 5.56 Å². The van der Waals surface area contributed by atoms with E-state index in [0.717, 1.165) is 5.57 Å². The van der Waals surface area contributed by atoms with Crippen LogP contribution in [0.2, 0.25) is 0 Å². The highest BCUT2D eigenvalue weighted by molar-refractivity contribution is 5.96. The number of nitrogens with one attached hydrogen (secondary N) is 1. The molecule has 22 heavy (non-hydrogen) atoms. The molecule has 0 saturated heterocycles. The highest BCUT2D eigenvalue weighted by Crippen LogP contribution is 2.14. The van der Waals surface area contributed by atoms with E-state index in [1.54, 1.807) is 38.1 Å². The largest absolute Gasteiger partial charge is 0.490 e. The third-order valence-electron chi connectivity index (χ3n) is 3.06. The normalized spacial score (nSPS) is 11.7. The number of aliphatic carboxylic acids is 1. The molecule has 0 unspecified atom stereocenters. The summed E-state index contributed by atoms with van der Waals surface area (Å²) in [7, 11) is 0. The number of carboxylic acids is 1. The molecule has 0 radical (unpaired) electrons. The molecule has 2 N–H and O–H groups in total. The Hall–Kier alpha value is -2.30. The van der Waals surface area contributed by atoms with E-state index in [1.807, 2.05) is 19.9 Å². The van der Waals surface area contributed by atoms with Gasteiger partial charge in [0.2, 0.25) is 0 Å². The molecule has 0 aliphatic rings. The van der Waals surface area contributed by atoms with Crippen molar-refractivity contribution >= 4 is 11.9 Å². The van der Waals surface area contributed by atoms with Crippen LogP contribution in [-0.4, -0.2) is 29.6 Å². The zero-order chi connectivity index (χ0) is 16.7. The summed E-state index contributed by atoms with van der Waals surface area (Å²) in [5.74, 6) is -1.09. The maximum atomic E-state index is 12.2. The van der Waals surface area contributed by atoms with Crippen molar-refractivity contribution in [2.45, 2.75) is 33.7 Å². The number of amides is 1. The van der Waals surface area contributed by atoms with E-state index in [9.17, 15) is 9.59 Å². The van der Waals surface area contributed by atoms with Crippen LogP contribution in [0.25, 0.3) is 0 Å². The highest BCUT2D eigenvalue weighted by Gasteiger charge is 2.23. The van der Waals surface area contributed by atoms with Crippen LogP contribution in [0.1, 0.15) is 38.1 Å². The zero-order valence-corrected chi connectivity index (χ0v) is 13.4. The first-order valence-corrected chi connectivity index (χ1v) is 7.21. The van der Waals surface area contributed by atoms with Crippen molar-refractivity contribution in [3.63, 3.8) is 0 Å². The molecule has 0 fully saturated rings. The van der Waals surface area contributed by atoms with E-state index >= 15 is 0 Å². The van der Waals surface area contributed by atoms with Crippen molar-refractivity contribution in [2.75, 3.05) is 6.61 Å². The molecule has 1 amide bonds. The van der Waals surface area contributed by atoms with Crippen LogP contribution in [0.4, 0.5) is 0 Å². The topological polar surface area (TPSA) is 75.6 Å². The molecule has 0 aliphatic carbocycles. The maximum absolute atomic E-state index is 12.2. The Labute approximate surface area is 131 Å². The van der Waals surface area contributed by atoms with Crippen LogP contribution in [0.3, 0.4) is 0 Å². The second-order valence-corrected chi connectivity index (χ2v) is 5.65. The second kappa shape index (κ2) is 8.22. The molecular formula is C17H23NO4. The average Bonchev–Trinajstić information content (AvgIpc) is 2.43. The monoisotopic (exact) mass is 305 g/mol. The van der Waals surface area contributed by atoms with Crippen molar-refractivity contribution in [3.8, 4) is 5.75 Å². The standard InChI is InChI=1S/C17H23NO4/c1-11(2)8-9-22-14-7-5-6-13(10-14)16(19)18-15(12(3)4)17(20)21/h5-8,10,12,15H,9H2,1-4H3,(H,18,19)(H,20,21)/t15-/m0/s1. The van der Waals surface area contributed by atoms with Gasteiger partial charge in [0.15, 0.2) is 0 Å². The SMILES string of the molecule is CC(C)=CCOc1cccc(C(=O)N[C@H](C(=O)O)C(C)C)c1. The number of carboxylic acid groups (broad SMARTS) is 1. The van der Waals surface area contributed by atoms with Crippen molar-refractivity contribution in [1.29, 1.82) is 0 Å². The van der Waals surface area contributed by atoms with Crippen LogP contribution in [0.5, 0.6) is 5.75 Å². The van der Waals surface area contributed by atoms with Gasteiger partial charge in [-0.15, -0.1) is 0 Å². The van der Waals surface area contributed by atoms with Gasteiger partial charge in [-0.25, -0.2) is 4.79 Å². The van der Waals surface area contributed by atoms with Crippen LogP contribution < -0.4 is 10.1 Å². The van der Waals surface area contributed by atoms with Crippen molar-refractivity contribution in [3.05, 3.63) is 41.5 Å². The van der Waals surface area contributed by atoms with Gasteiger partial charge in [-0.1, -0.05) is 25.5 Å². The number of hydrogen-bond acceptors (Lipinski definition) is 3. The molecule has 1 rings (SSSR count). The van der Waals surface area contributed by atoms with Gasteiger partial charge in [-0.3, -0.25) is 4.79 Å². The summed E-state index contributed by atoms with van der Waals surface area (Å²) in [6.07, 6.45) is 1.94. The fourth-order valence-electron chi connectivity index (χ4n) is 1.77. The minimum atomic E-state index is -1.04. The molecule has 0 saturated carbocycles. The molecule has 0 bridgehead atoms. The Bertz CT molecular complexity index is 560. The zero-order valence-electron chi connectivity index (χ0n) is 13.4. The van der Waals surface area contributed by atoms with Crippen molar-refractivity contribution in [2.24, 2.45) is 5.92 Å². The third-order valence-corrected chi connectivity index (χ3v) is 3.06. The number of benzene rings is 1.